The molecule has 1 rings (SSSR count). The van der Waals surface area contributed by atoms with E-state index in [1.807, 2.05) is 24.3 Å². The second kappa shape index (κ2) is 5.50. The first-order chi connectivity index (χ1) is 6.77. The standard InChI is InChI=1S/C11H13NOS/c1-12-11(13)10-6-4-9(5-7-10)3-2-8-14/h2-7,14H,8H2,1H3,(H,12,13). The SMILES string of the molecule is CNC(=O)c1ccc(C=CCS)cc1. The molecule has 1 aromatic rings. The number of rotatable bonds is 3. The minimum atomic E-state index is -0.0604. The van der Waals surface area contributed by atoms with Crippen molar-refractivity contribution in [2.24, 2.45) is 0 Å². The van der Waals surface area contributed by atoms with Crippen LogP contribution in [0.2, 0.25) is 0 Å². The molecule has 0 radical (unpaired) electrons. The van der Waals surface area contributed by atoms with Crippen molar-refractivity contribution in [3.8, 4) is 0 Å². The molecule has 0 spiro atoms. The zero-order valence-corrected chi connectivity index (χ0v) is 8.92. The van der Waals surface area contributed by atoms with Crippen LogP contribution in [0.5, 0.6) is 0 Å². The Morgan fingerprint density at radius 3 is 2.57 bits per heavy atom. The maximum absolute atomic E-state index is 11.2. The summed E-state index contributed by atoms with van der Waals surface area (Å²) in [6, 6.07) is 7.42. The Morgan fingerprint density at radius 1 is 1.43 bits per heavy atom. The molecule has 0 heterocycles. The summed E-state index contributed by atoms with van der Waals surface area (Å²) in [6.45, 7) is 0. The summed E-state index contributed by atoms with van der Waals surface area (Å²) < 4.78 is 0. The third-order valence-electron chi connectivity index (χ3n) is 1.82. The highest BCUT2D eigenvalue weighted by Crippen LogP contribution is 2.06. The second-order valence-corrected chi connectivity index (χ2v) is 3.15. The van der Waals surface area contributed by atoms with Crippen molar-refractivity contribution in [3.05, 3.63) is 41.5 Å². The summed E-state index contributed by atoms with van der Waals surface area (Å²) in [6.07, 6.45) is 3.93. The largest absolute Gasteiger partial charge is 0.355 e. The van der Waals surface area contributed by atoms with Crippen LogP contribution in [0.25, 0.3) is 6.08 Å². The van der Waals surface area contributed by atoms with Gasteiger partial charge in [-0.2, -0.15) is 12.6 Å². The molecular weight excluding hydrogens is 194 g/mol. The summed E-state index contributed by atoms with van der Waals surface area (Å²) in [5.74, 6) is 0.659. The highest BCUT2D eigenvalue weighted by Gasteiger charge is 2.00. The van der Waals surface area contributed by atoms with Gasteiger partial charge in [-0.25, -0.2) is 0 Å². The first-order valence-electron chi connectivity index (χ1n) is 4.37. The van der Waals surface area contributed by atoms with Gasteiger partial charge in [-0.3, -0.25) is 4.79 Å². The molecule has 0 saturated heterocycles. The third kappa shape index (κ3) is 2.92. The second-order valence-electron chi connectivity index (χ2n) is 2.79. The summed E-state index contributed by atoms with van der Waals surface area (Å²) in [7, 11) is 1.62. The van der Waals surface area contributed by atoms with Crippen LogP contribution in [0, 0.1) is 0 Å². The van der Waals surface area contributed by atoms with E-state index in [9.17, 15) is 4.79 Å². The van der Waals surface area contributed by atoms with Gasteiger partial charge in [0, 0.05) is 18.4 Å². The molecule has 0 atom stereocenters. The van der Waals surface area contributed by atoms with Crippen molar-refractivity contribution >= 4 is 24.6 Å². The van der Waals surface area contributed by atoms with Gasteiger partial charge in [-0.05, 0) is 17.7 Å². The Labute approximate surface area is 89.4 Å². The Morgan fingerprint density at radius 2 is 2.07 bits per heavy atom. The summed E-state index contributed by atoms with van der Waals surface area (Å²) >= 11 is 4.07. The third-order valence-corrected chi connectivity index (χ3v) is 2.03. The molecule has 0 aromatic heterocycles. The molecular formula is C11H13NOS. The van der Waals surface area contributed by atoms with Gasteiger partial charge >= 0.3 is 0 Å². The van der Waals surface area contributed by atoms with Crippen LogP contribution in [-0.2, 0) is 0 Å². The molecule has 1 aromatic carbocycles. The minimum absolute atomic E-state index is 0.0604. The van der Waals surface area contributed by atoms with Crippen molar-refractivity contribution in [2.75, 3.05) is 12.8 Å². The molecule has 0 fully saturated rings. The van der Waals surface area contributed by atoms with Crippen molar-refractivity contribution in [3.63, 3.8) is 0 Å². The minimum Gasteiger partial charge on any atom is -0.355 e. The van der Waals surface area contributed by atoms with E-state index in [4.69, 9.17) is 0 Å². The predicted molar refractivity (Wildman–Crippen MR) is 62.7 cm³/mol. The van der Waals surface area contributed by atoms with Crippen LogP contribution < -0.4 is 5.32 Å². The van der Waals surface area contributed by atoms with Gasteiger partial charge in [0.2, 0.25) is 0 Å². The molecule has 0 bridgehead atoms. The van der Waals surface area contributed by atoms with Gasteiger partial charge in [0.05, 0.1) is 0 Å². The van der Waals surface area contributed by atoms with E-state index in [1.165, 1.54) is 0 Å². The topological polar surface area (TPSA) is 29.1 Å². The summed E-state index contributed by atoms with van der Waals surface area (Å²) in [4.78, 5) is 11.2. The van der Waals surface area contributed by atoms with Crippen molar-refractivity contribution in [1.29, 1.82) is 0 Å². The van der Waals surface area contributed by atoms with E-state index in [1.54, 1.807) is 19.2 Å². The first-order valence-corrected chi connectivity index (χ1v) is 5.00. The van der Waals surface area contributed by atoms with Gasteiger partial charge in [0.1, 0.15) is 0 Å². The molecule has 0 saturated carbocycles. The van der Waals surface area contributed by atoms with Crippen molar-refractivity contribution in [2.45, 2.75) is 0 Å². The number of thiol groups is 1. The fourth-order valence-electron chi connectivity index (χ4n) is 1.08. The van der Waals surface area contributed by atoms with E-state index in [0.29, 0.717) is 5.56 Å². The first kappa shape index (κ1) is 10.9. The van der Waals surface area contributed by atoms with E-state index in [0.717, 1.165) is 11.3 Å². The number of hydrogen-bond donors (Lipinski definition) is 2. The lowest BCUT2D eigenvalue weighted by molar-refractivity contribution is 0.0963. The fourth-order valence-corrected chi connectivity index (χ4v) is 1.18. The summed E-state index contributed by atoms with van der Waals surface area (Å²) in [5.41, 5.74) is 1.75. The Kier molecular flexibility index (Phi) is 4.26. The van der Waals surface area contributed by atoms with Crippen molar-refractivity contribution in [1.82, 2.24) is 5.32 Å². The van der Waals surface area contributed by atoms with E-state index in [-0.39, 0.29) is 5.91 Å². The van der Waals surface area contributed by atoms with Gasteiger partial charge < -0.3 is 5.32 Å². The number of carbonyl (C=O) groups is 1. The zero-order chi connectivity index (χ0) is 10.4. The van der Waals surface area contributed by atoms with Gasteiger partial charge in [0.15, 0.2) is 0 Å². The van der Waals surface area contributed by atoms with Gasteiger partial charge in [-0.15, -0.1) is 0 Å². The zero-order valence-electron chi connectivity index (χ0n) is 8.03. The number of hydrogen-bond acceptors (Lipinski definition) is 2. The molecule has 0 aliphatic heterocycles. The molecule has 0 unspecified atom stereocenters. The molecule has 0 aliphatic carbocycles. The van der Waals surface area contributed by atoms with Crippen LogP contribution in [0.4, 0.5) is 0 Å². The van der Waals surface area contributed by atoms with E-state index in [2.05, 4.69) is 17.9 Å². The average Bonchev–Trinajstić information content (AvgIpc) is 2.26. The molecule has 0 aliphatic rings. The van der Waals surface area contributed by atoms with Crippen LogP contribution in [0.15, 0.2) is 30.3 Å². The molecule has 3 heteroatoms. The fraction of sp³-hybridized carbons (Fsp3) is 0.182. The normalized spacial score (nSPS) is 10.4. The number of nitrogens with one attached hydrogen (secondary N) is 1. The van der Waals surface area contributed by atoms with Crippen LogP contribution in [0.3, 0.4) is 0 Å². The maximum atomic E-state index is 11.2. The highest BCUT2D eigenvalue weighted by molar-refractivity contribution is 7.80. The van der Waals surface area contributed by atoms with Gasteiger partial charge in [-0.1, -0.05) is 24.3 Å². The average molecular weight is 207 g/mol. The lowest BCUT2D eigenvalue weighted by atomic mass is 10.1. The highest BCUT2D eigenvalue weighted by atomic mass is 32.1. The quantitative estimate of drug-likeness (QED) is 0.729. The van der Waals surface area contributed by atoms with E-state index >= 15 is 0 Å². The molecule has 1 amide bonds. The number of amides is 1. The van der Waals surface area contributed by atoms with E-state index < -0.39 is 0 Å². The monoisotopic (exact) mass is 207 g/mol. The maximum Gasteiger partial charge on any atom is 0.251 e. The smallest absolute Gasteiger partial charge is 0.251 e. The van der Waals surface area contributed by atoms with Crippen LogP contribution in [-0.4, -0.2) is 18.7 Å². The molecule has 74 valence electrons. The Hall–Kier alpha value is -1.22. The summed E-state index contributed by atoms with van der Waals surface area (Å²) in [5, 5.41) is 2.57. The molecule has 2 nitrogen and oxygen atoms in total. The van der Waals surface area contributed by atoms with Gasteiger partial charge in [0.25, 0.3) is 5.91 Å². The number of benzene rings is 1. The Balaban J connectivity index is 2.78. The molecule has 1 N–H and O–H groups in total. The van der Waals surface area contributed by atoms with Crippen molar-refractivity contribution < 1.29 is 4.79 Å². The lowest BCUT2D eigenvalue weighted by Gasteiger charge is -1.99. The molecule has 14 heavy (non-hydrogen) atoms. The Bertz CT molecular complexity index is 330. The predicted octanol–water partition coefficient (Wildman–Crippen LogP) is 1.99. The van der Waals surface area contributed by atoms with Crippen LogP contribution in [0.1, 0.15) is 15.9 Å². The lowest BCUT2D eigenvalue weighted by Crippen LogP contribution is -2.17. The number of carbonyl (C=O) groups excluding carboxylic acids is 1. The van der Waals surface area contributed by atoms with Crippen LogP contribution >= 0.6 is 12.6 Å².